The molecule has 3 heteroatoms. The maximum atomic E-state index is 9.33. The lowest BCUT2D eigenvalue weighted by Gasteiger charge is -2.15. The largest absolute Gasteiger partial charge is 0.494 e. The van der Waals surface area contributed by atoms with Crippen molar-refractivity contribution in [2.24, 2.45) is 5.73 Å². The van der Waals surface area contributed by atoms with Crippen LogP contribution in [0.2, 0.25) is 0 Å². The first kappa shape index (κ1) is 11.0. The van der Waals surface area contributed by atoms with Gasteiger partial charge in [-0.05, 0) is 31.5 Å². The molecule has 2 atom stereocenters. The molecule has 0 aliphatic heterocycles. The van der Waals surface area contributed by atoms with Gasteiger partial charge in [0.2, 0.25) is 0 Å². The fourth-order valence-corrected chi connectivity index (χ4v) is 1.26. The van der Waals surface area contributed by atoms with Crippen LogP contribution in [0, 0.1) is 0 Å². The molecule has 0 radical (unpaired) electrons. The molecular weight excluding hydrogens is 178 g/mol. The molecule has 3 nitrogen and oxygen atoms in total. The normalized spacial score (nSPS) is 14.9. The van der Waals surface area contributed by atoms with E-state index < -0.39 is 6.10 Å². The number of rotatable bonds is 4. The maximum Gasteiger partial charge on any atom is 0.119 e. The molecule has 0 spiro atoms. The molecule has 0 aliphatic rings. The van der Waals surface area contributed by atoms with Crippen molar-refractivity contribution in [2.75, 3.05) is 6.61 Å². The molecule has 1 aromatic rings. The molecule has 0 heterocycles. The minimum absolute atomic E-state index is 0.351. The molecule has 0 amide bonds. The highest BCUT2D eigenvalue weighted by Crippen LogP contribution is 2.19. The second-order valence-corrected chi connectivity index (χ2v) is 3.27. The van der Waals surface area contributed by atoms with Crippen LogP contribution in [0.15, 0.2) is 24.3 Å². The number of nitrogens with two attached hydrogens (primary N) is 1. The molecule has 1 aromatic carbocycles. The number of aliphatic hydroxyl groups is 1. The third kappa shape index (κ3) is 2.72. The standard InChI is InChI=1S/C11H17NO2/c1-3-14-10-6-4-5-9(7-10)11(12)8(2)13/h4-8,11,13H,3,12H2,1-2H3/t8-,11-/m1/s1. The summed E-state index contributed by atoms with van der Waals surface area (Å²) in [4.78, 5) is 0. The summed E-state index contributed by atoms with van der Waals surface area (Å²) in [5.41, 5.74) is 6.69. The fourth-order valence-electron chi connectivity index (χ4n) is 1.26. The summed E-state index contributed by atoms with van der Waals surface area (Å²) in [7, 11) is 0. The highest BCUT2D eigenvalue weighted by atomic mass is 16.5. The SMILES string of the molecule is CCOc1cccc([C@H](N)[C@@H](C)O)c1. The minimum Gasteiger partial charge on any atom is -0.494 e. The van der Waals surface area contributed by atoms with Crippen molar-refractivity contribution in [3.8, 4) is 5.75 Å². The van der Waals surface area contributed by atoms with Gasteiger partial charge < -0.3 is 15.6 Å². The number of benzene rings is 1. The minimum atomic E-state index is -0.549. The summed E-state index contributed by atoms with van der Waals surface area (Å²) in [5.74, 6) is 0.793. The van der Waals surface area contributed by atoms with Gasteiger partial charge in [0.1, 0.15) is 5.75 Å². The van der Waals surface area contributed by atoms with Crippen LogP contribution in [0.25, 0.3) is 0 Å². The van der Waals surface area contributed by atoms with E-state index >= 15 is 0 Å². The van der Waals surface area contributed by atoms with Crippen LogP contribution in [0.1, 0.15) is 25.5 Å². The molecule has 3 N–H and O–H groups in total. The Morgan fingerprint density at radius 2 is 2.21 bits per heavy atom. The highest BCUT2D eigenvalue weighted by molar-refractivity contribution is 5.30. The second-order valence-electron chi connectivity index (χ2n) is 3.27. The van der Waals surface area contributed by atoms with Gasteiger partial charge in [0, 0.05) is 0 Å². The van der Waals surface area contributed by atoms with Crippen LogP contribution in [0.5, 0.6) is 5.75 Å². The molecule has 0 bridgehead atoms. The van der Waals surface area contributed by atoms with E-state index in [9.17, 15) is 5.11 Å². The fraction of sp³-hybridized carbons (Fsp3) is 0.455. The lowest BCUT2D eigenvalue weighted by Crippen LogP contribution is -2.23. The van der Waals surface area contributed by atoms with Crippen LogP contribution in [-0.2, 0) is 0 Å². The summed E-state index contributed by atoms with van der Waals surface area (Å²) in [6.45, 7) is 4.24. The van der Waals surface area contributed by atoms with Crippen LogP contribution in [0.4, 0.5) is 0 Å². The quantitative estimate of drug-likeness (QED) is 0.764. The zero-order valence-corrected chi connectivity index (χ0v) is 8.60. The van der Waals surface area contributed by atoms with Crippen molar-refractivity contribution in [1.82, 2.24) is 0 Å². The number of aliphatic hydroxyl groups excluding tert-OH is 1. The molecule has 0 aliphatic carbocycles. The summed E-state index contributed by atoms with van der Waals surface area (Å²) < 4.78 is 5.34. The average Bonchev–Trinajstić information content (AvgIpc) is 2.17. The van der Waals surface area contributed by atoms with Gasteiger partial charge >= 0.3 is 0 Å². The summed E-state index contributed by atoms with van der Waals surface area (Å²) in [6.07, 6.45) is -0.549. The molecule has 0 unspecified atom stereocenters. The van der Waals surface area contributed by atoms with Crippen molar-refractivity contribution < 1.29 is 9.84 Å². The Bertz CT molecular complexity index is 286. The van der Waals surface area contributed by atoms with E-state index in [1.807, 2.05) is 31.2 Å². The zero-order chi connectivity index (χ0) is 10.6. The van der Waals surface area contributed by atoms with Crippen molar-refractivity contribution >= 4 is 0 Å². The highest BCUT2D eigenvalue weighted by Gasteiger charge is 2.11. The molecule has 0 saturated heterocycles. The topological polar surface area (TPSA) is 55.5 Å². The van der Waals surface area contributed by atoms with Crippen LogP contribution < -0.4 is 10.5 Å². The van der Waals surface area contributed by atoms with Gasteiger partial charge in [0.05, 0.1) is 18.8 Å². The van der Waals surface area contributed by atoms with Crippen LogP contribution in [0.3, 0.4) is 0 Å². The molecule has 0 fully saturated rings. The lowest BCUT2D eigenvalue weighted by molar-refractivity contribution is 0.164. The van der Waals surface area contributed by atoms with Crippen LogP contribution in [-0.4, -0.2) is 17.8 Å². The maximum absolute atomic E-state index is 9.33. The number of hydrogen-bond donors (Lipinski definition) is 2. The van der Waals surface area contributed by atoms with Crippen molar-refractivity contribution in [1.29, 1.82) is 0 Å². The van der Waals surface area contributed by atoms with E-state index in [0.717, 1.165) is 11.3 Å². The molecule has 78 valence electrons. The van der Waals surface area contributed by atoms with E-state index in [-0.39, 0.29) is 6.04 Å². The number of hydrogen-bond acceptors (Lipinski definition) is 3. The van der Waals surface area contributed by atoms with E-state index in [4.69, 9.17) is 10.5 Å². The van der Waals surface area contributed by atoms with Crippen LogP contribution >= 0.6 is 0 Å². The number of ether oxygens (including phenoxy) is 1. The van der Waals surface area contributed by atoms with E-state index in [1.54, 1.807) is 6.92 Å². The Hall–Kier alpha value is -1.06. The first-order valence-corrected chi connectivity index (χ1v) is 4.81. The van der Waals surface area contributed by atoms with E-state index in [2.05, 4.69) is 0 Å². The first-order chi connectivity index (χ1) is 6.65. The summed E-state index contributed by atoms with van der Waals surface area (Å²) in [6, 6.07) is 7.15. The second kappa shape index (κ2) is 4.98. The van der Waals surface area contributed by atoms with Gasteiger partial charge in [0.15, 0.2) is 0 Å². The Morgan fingerprint density at radius 1 is 1.50 bits per heavy atom. The summed E-state index contributed by atoms with van der Waals surface area (Å²) >= 11 is 0. The summed E-state index contributed by atoms with van der Waals surface area (Å²) in [5, 5.41) is 9.33. The predicted molar refractivity (Wildman–Crippen MR) is 56.2 cm³/mol. The average molecular weight is 195 g/mol. The van der Waals surface area contributed by atoms with Gasteiger partial charge in [-0.15, -0.1) is 0 Å². The van der Waals surface area contributed by atoms with Gasteiger partial charge in [-0.1, -0.05) is 12.1 Å². The van der Waals surface area contributed by atoms with Gasteiger partial charge in [-0.3, -0.25) is 0 Å². The Labute approximate surface area is 84.5 Å². The molecule has 1 rings (SSSR count). The zero-order valence-electron chi connectivity index (χ0n) is 8.60. The monoisotopic (exact) mass is 195 g/mol. The first-order valence-electron chi connectivity index (χ1n) is 4.81. The Kier molecular flexibility index (Phi) is 3.92. The molecular formula is C11H17NO2. The Balaban J connectivity index is 2.82. The van der Waals surface area contributed by atoms with Crippen molar-refractivity contribution in [3.05, 3.63) is 29.8 Å². The smallest absolute Gasteiger partial charge is 0.119 e. The van der Waals surface area contributed by atoms with Gasteiger partial charge in [-0.2, -0.15) is 0 Å². The van der Waals surface area contributed by atoms with Crippen molar-refractivity contribution in [3.63, 3.8) is 0 Å². The molecule has 14 heavy (non-hydrogen) atoms. The van der Waals surface area contributed by atoms with E-state index in [0.29, 0.717) is 6.61 Å². The Morgan fingerprint density at radius 3 is 2.79 bits per heavy atom. The molecule has 0 saturated carbocycles. The van der Waals surface area contributed by atoms with Crippen molar-refractivity contribution in [2.45, 2.75) is 26.0 Å². The molecule has 0 aromatic heterocycles. The lowest BCUT2D eigenvalue weighted by atomic mass is 10.0. The third-order valence-electron chi connectivity index (χ3n) is 2.07. The van der Waals surface area contributed by atoms with E-state index in [1.165, 1.54) is 0 Å². The third-order valence-corrected chi connectivity index (χ3v) is 2.07. The van der Waals surface area contributed by atoms with Gasteiger partial charge in [0.25, 0.3) is 0 Å². The van der Waals surface area contributed by atoms with Gasteiger partial charge in [-0.25, -0.2) is 0 Å². The predicted octanol–water partition coefficient (Wildman–Crippen LogP) is 1.47.